The van der Waals surface area contributed by atoms with Gasteiger partial charge in [0, 0.05) is 19.3 Å². The van der Waals surface area contributed by atoms with Gasteiger partial charge in [0.1, 0.15) is 13.2 Å². The lowest BCUT2D eigenvalue weighted by atomic mass is 10.0. The van der Waals surface area contributed by atoms with E-state index in [1.165, 1.54) is 238 Å². The molecule has 0 saturated heterocycles. The first-order valence-electron chi connectivity index (χ1n) is 30.7. The van der Waals surface area contributed by atoms with Gasteiger partial charge in [-0.25, -0.2) is 0 Å². The average molecular weight is 962 g/mol. The van der Waals surface area contributed by atoms with Crippen LogP contribution in [0.25, 0.3) is 0 Å². The molecule has 0 fully saturated rings. The first kappa shape index (κ1) is 66.4. The summed E-state index contributed by atoms with van der Waals surface area (Å²) in [5.41, 5.74) is 0. The van der Waals surface area contributed by atoms with Crippen molar-refractivity contribution >= 4 is 17.9 Å². The summed E-state index contributed by atoms with van der Waals surface area (Å²) < 4.78 is 16.9. The second kappa shape index (κ2) is 54.7. The van der Waals surface area contributed by atoms with Gasteiger partial charge in [-0.1, -0.05) is 311 Å². The van der Waals surface area contributed by atoms with Gasteiger partial charge in [-0.05, 0) is 31.1 Å². The molecule has 0 radical (unpaired) electrons. The molecule has 0 aliphatic carbocycles. The number of carbonyl (C=O) groups excluding carboxylic acids is 3. The van der Waals surface area contributed by atoms with Crippen molar-refractivity contribution < 1.29 is 28.6 Å². The molecular formula is C62H120O6. The fourth-order valence-corrected chi connectivity index (χ4v) is 9.58. The van der Waals surface area contributed by atoms with Gasteiger partial charge < -0.3 is 14.2 Å². The first-order chi connectivity index (χ1) is 33.2. The molecule has 0 aromatic carbocycles. The molecule has 6 heteroatoms. The van der Waals surface area contributed by atoms with Crippen molar-refractivity contribution in [2.24, 2.45) is 11.8 Å². The van der Waals surface area contributed by atoms with Crippen molar-refractivity contribution in [1.82, 2.24) is 0 Å². The molecule has 0 saturated carbocycles. The van der Waals surface area contributed by atoms with E-state index in [-0.39, 0.29) is 31.1 Å². The smallest absolute Gasteiger partial charge is 0.306 e. The molecule has 0 unspecified atom stereocenters. The highest BCUT2D eigenvalue weighted by Crippen LogP contribution is 2.19. The van der Waals surface area contributed by atoms with Crippen LogP contribution < -0.4 is 0 Å². The lowest BCUT2D eigenvalue weighted by Crippen LogP contribution is -2.30. The van der Waals surface area contributed by atoms with Crippen molar-refractivity contribution in [2.75, 3.05) is 13.2 Å². The molecule has 0 N–H and O–H groups in total. The third-order valence-electron chi connectivity index (χ3n) is 14.2. The minimum atomic E-state index is -0.763. The SMILES string of the molecule is CCCCCCCCCCCCCCCCC(=O)OC[C@@H](COC(=O)CCCCCCCCCCCCCCC(C)C)OC(=O)CCCCCCCCCCCCCCCCCCCCC(C)C. The maximum atomic E-state index is 12.9. The van der Waals surface area contributed by atoms with Crippen LogP contribution in [0.15, 0.2) is 0 Å². The van der Waals surface area contributed by atoms with Gasteiger partial charge >= 0.3 is 17.9 Å². The Hall–Kier alpha value is -1.59. The fourth-order valence-electron chi connectivity index (χ4n) is 9.58. The van der Waals surface area contributed by atoms with Gasteiger partial charge in [-0.15, -0.1) is 0 Å². The Morgan fingerprint density at radius 1 is 0.279 bits per heavy atom. The van der Waals surface area contributed by atoms with Gasteiger partial charge in [0.15, 0.2) is 6.10 Å². The maximum Gasteiger partial charge on any atom is 0.306 e. The summed E-state index contributed by atoms with van der Waals surface area (Å²) >= 11 is 0. The summed E-state index contributed by atoms with van der Waals surface area (Å²) in [4.78, 5) is 38.2. The summed E-state index contributed by atoms with van der Waals surface area (Å²) in [6, 6.07) is 0. The van der Waals surface area contributed by atoms with Crippen molar-refractivity contribution in [2.45, 2.75) is 355 Å². The molecular weight excluding hydrogens is 841 g/mol. The third-order valence-corrected chi connectivity index (χ3v) is 14.2. The number of rotatable bonds is 56. The van der Waals surface area contributed by atoms with Crippen LogP contribution in [0.4, 0.5) is 0 Å². The molecule has 0 aliphatic rings. The van der Waals surface area contributed by atoms with Crippen LogP contribution in [-0.4, -0.2) is 37.2 Å². The largest absolute Gasteiger partial charge is 0.462 e. The van der Waals surface area contributed by atoms with Crippen LogP contribution in [0.1, 0.15) is 349 Å². The molecule has 0 aromatic rings. The minimum absolute atomic E-state index is 0.0621. The second-order valence-electron chi connectivity index (χ2n) is 22.3. The highest BCUT2D eigenvalue weighted by molar-refractivity contribution is 5.71. The summed E-state index contributed by atoms with van der Waals surface area (Å²) in [5.74, 6) is 0.858. The standard InChI is InChI=1S/C62H120O6/c1-6-7-8-9-10-11-12-13-21-27-32-37-42-47-52-60(63)66-55-59(56-67-61(64)53-48-43-38-33-28-24-23-26-31-36-41-46-51-58(4)5)68-62(65)54-49-44-39-34-29-22-19-17-15-14-16-18-20-25-30-35-40-45-50-57(2)3/h57-59H,6-56H2,1-5H3/t59-/m0/s1. The van der Waals surface area contributed by atoms with Crippen LogP contribution in [0.5, 0.6) is 0 Å². The van der Waals surface area contributed by atoms with Crippen LogP contribution >= 0.6 is 0 Å². The predicted molar refractivity (Wildman–Crippen MR) is 293 cm³/mol. The van der Waals surface area contributed by atoms with Crippen molar-refractivity contribution in [1.29, 1.82) is 0 Å². The Balaban J connectivity index is 4.27. The normalized spacial score (nSPS) is 12.0. The second-order valence-corrected chi connectivity index (χ2v) is 22.3. The summed E-state index contributed by atoms with van der Waals surface area (Å²) in [6.07, 6.45) is 59.6. The third kappa shape index (κ3) is 55.3. The zero-order chi connectivity index (χ0) is 49.6. The number of hydrogen-bond donors (Lipinski definition) is 0. The van der Waals surface area contributed by atoms with Gasteiger partial charge in [0.2, 0.25) is 0 Å². The van der Waals surface area contributed by atoms with Crippen molar-refractivity contribution in [3.63, 3.8) is 0 Å². The number of carbonyl (C=O) groups is 3. The van der Waals surface area contributed by atoms with E-state index >= 15 is 0 Å². The molecule has 404 valence electrons. The zero-order valence-corrected chi connectivity index (χ0v) is 46.7. The zero-order valence-electron chi connectivity index (χ0n) is 46.7. The van der Waals surface area contributed by atoms with E-state index in [1.807, 2.05) is 0 Å². The molecule has 0 bridgehead atoms. The van der Waals surface area contributed by atoms with Gasteiger partial charge in [-0.3, -0.25) is 14.4 Å². The van der Waals surface area contributed by atoms with Crippen LogP contribution in [-0.2, 0) is 28.6 Å². The van der Waals surface area contributed by atoms with Crippen LogP contribution in [0.3, 0.4) is 0 Å². The van der Waals surface area contributed by atoms with Crippen molar-refractivity contribution in [3.8, 4) is 0 Å². The highest BCUT2D eigenvalue weighted by Gasteiger charge is 2.19. The van der Waals surface area contributed by atoms with Crippen LogP contribution in [0.2, 0.25) is 0 Å². The Bertz CT molecular complexity index is 1040. The Kier molecular flexibility index (Phi) is 53.5. The molecule has 0 amide bonds. The number of esters is 3. The monoisotopic (exact) mass is 961 g/mol. The van der Waals surface area contributed by atoms with E-state index in [9.17, 15) is 14.4 Å². The summed E-state index contributed by atoms with van der Waals surface area (Å²) in [5, 5.41) is 0. The summed E-state index contributed by atoms with van der Waals surface area (Å²) in [7, 11) is 0. The van der Waals surface area contributed by atoms with E-state index in [0.29, 0.717) is 19.3 Å². The van der Waals surface area contributed by atoms with Gasteiger partial charge in [0.05, 0.1) is 0 Å². The van der Waals surface area contributed by atoms with Crippen molar-refractivity contribution in [3.05, 3.63) is 0 Å². The molecule has 0 aromatic heterocycles. The minimum Gasteiger partial charge on any atom is -0.462 e. The number of ether oxygens (including phenoxy) is 3. The van der Waals surface area contributed by atoms with Gasteiger partial charge in [-0.2, -0.15) is 0 Å². The van der Waals surface area contributed by atoms with E-state index < -0.39 is 6.10 Å². The molecule has 68 heavy (non-hydrogen) atoms. The highest BCUT2D eigenvalue weighted by atomic mass is 16.6. The average Bonchev–Trinajstić information content (AvgIpc) is 3.31. The molecule has 0 aliphatic heterocycles. The lowest BCUT2D eigenvalue weighted by Gasteiger charge is -2.18. The fraction of sp³-hybridized carbons (Fsp3) is 0.952. The van der Waals surface area contributed by atoms with Gasteiger partial charge in [0.25, 0.3) is 0 Å². The first-order valence-corrected chi connectivity index (χ1v) is 30.7. The summed E-state index contributed by atoms with van der Waals surface area (Å²) in [6.45, 7) is 11.4. The molecule has 0 rings (SSSR count). The molecule has 1 atom stereocenters. The quantitative estimate of drug-likeness (QED) is 0.0343. The molecule has 6 nitrogen and oxygen atoms in total. The predicted octanol–water partition coefficient (Wildman–Crippen LogP) is 20.4. The molecule has 0 spiro atoms. The molecule has 0 heterocycles. The Morgan fingerprint density at radius 2 is 0.485 bits per heavy atom. The van der Waals surface area contributed by atoms with E-state index in [0.717, 1.165) is 69.6 Å². The number of unbranched alkanes of at least 4 members (excludes halogenated alkanes) is 41. The van der Waals surface area contributed by atoms with E-state index in [1.54, 1.807) is 0 Å². The lowest BCUT2D eigenvalue weighted by molar-refractivity contribution is -0.167. The van der Waals surface area contributed by atoms with E-state index in [4.69, 9.17) is 14.2 Å². The maximum absolute atomic E-state index is 12.9. The Labute approximate surface area is 425 Å². The Morgan fingerprint density at radius 3 is 0.721 bits per heavy atom. The number of hydrogen-bond acceptors (Lipinski definition) is 6. The van der Waals surface area contributed by atoms with Crippen LogP contribution in [0, 0.1) is 11.8 Å². The van der Waals surface area contributed by atoms with E-state index in [2.05, 4.69) is 34.6 Å². The topological polar surface area (TPSA) is 78.9 Å².